The van der Waals surface area contributed by atoms with Gasteiger partial charge in [0.05, 0.1) is 5.02 Å². The quantitative estimate of drug-likeness (QED) is 0.857. The topological polar surface area (TPSA) is 41.8 Å². The van der Waals surface area contributed by atoms with Gasteiger partial charge in [0.1, 0.15) is 0 Å². The van der Waals surface area contributed by atoms with Crippen molar-refractivity contribution in [3.63, 3.8) is 0 Å². The molecule has 2 nitrogen and oxygen atoms in total. The normalized spacial score (nSPS) is 17.6. The van der Waals surface area contributed by atoms with Gasteiger partial charge < -0.3 is 10.7 Å². The number of H-pyrrole nitrogens is 1. The molecule has 1 aromatic carbocycles. The summed E-state index contributed by atoms with van der Waals surface area (Å²) in [7, 11) is 0. The molecule has 1 aliphatic carbocycles. The molecule has 0 spiro atoms. The molecule has 3 heteroatoms. The van der Waals surface area contributed by atoms with E-state index in [9.17, 15) is 0 Å². The van der Waals surface area contributed by atoms with Crippen LogP contribution in [0.2, 0.25) is 5.02 Å². The molecule has 0 atom stereocenters. The predicted octanol–water partition coefficient (Wildman–Crippen LogP) is 3.55. The van der Waals surface area contributed by atoms with E-state index in [0.717, 1.165) is 28.9 Å². The minimum Gasteiger partial charge on any atom is -0.361 e. The fourth-order valence-electron chi connectivity index (χ4n) is 2.34. The Labute approximate surface area is 106 Å². The van der Waals surface area contributed by atoms with E-state index in [2.05, 4.69) is 23.3 Å². The van der Waals surface area contributed by atoms with Crippen molar-refractivity contribution in [3.05, 3.63) is 34.5 Å². The Balaban J connectivity index is 1.96. The minimum atomic E-state index is 0.111. The number of hydrogen-bond donors (Lipinski definition) is 2. The van der Waals surface area contributed by atoms with Crippen LogP contribution in [0.4, 0.5) is 0 Å². The minimum absolute atomic E-state index is 0.111. The number of aromatic nitrogens is 1. The maximum Gasteiger partial charge on any atom is 0.0531 e. The van der Waals surface area contributed by atoms with E-state index < -0.39 is 0 Å². The van der Waals surface area contributed by atoms with E-state index in [-0.39, 0.29) is 5.54 Å². The van der Waals surface area contributed by atoms with Crippen molar-refractivity contribution in [2.45, 2.75) is 38.1 Å². The van der Waals surface area contributed by atoms with E-state index in [1.54, 1.807) is 0 Å². The second kappa shape index (κ2) is 3.76. The first-order valence-corrected chi connectivity index (χ1v) is 6.51. The molecule has 1 saturated carbocycles. The van der Waals surface area contributed by atoms with Crippen LogP contribution in [0.25, 0.3) is 10.9 Å². The fourth-order valence-corrected chi connectivity index (χ4v) is 2.63. The Morgan fingerprint density at radius 3 is 2.88 bits per heavy atom. The van der Waals surface area contributed by atoms with Gasteiger partial charge in [0.15, 0.2) is 0 Å². The smallest absolute Gasteiger partial charge is 0.0531 e. The van der Waals surface area contributed by atoms with Crippen molar-refractivity contribution in [2.75, 3.05) is 0 Å². The Hall–Kier alpha value is -0.990. The third-order valence-electron chi connectivity index (χ3n) is 3.84. The van der Waals surface area contributed by atoms with Gasteiger partial charge in [-0.1, -0.05) is 17.7 Å². The molecular weight excluding hydrogens is 232 g/mol. The first-order chi connectivity index (χ1) is 8.09. The van der Waals surface area contributed by atoms with Crippen molar-refractivity contribution in [1.82, 2.24) is 4.98 Å². The molecule has 0 radical (unpaired) electrons. The second-order valence-corrected chi connectivity index (χ2v) is 5.67. The monoisotopic (exact) mass is 248 g/mol. The molecule has 3 rings (SSSR count). The lowest BCUT2D eigenvalue weighted by atomic mass is 10.0. The number of hydrogen-bond acceptors (Lipinski definition) is 1. The van der Waals surface area contributed by atoms with E-state index in [1.807, 2.05) is 6.92 Å². The summed E-state index contributed by atoms with van der Waals surface area (Å²) in [6.45, 7) is 2.05. The SMILES string of the molecule is Cc1ccc2[nH]cc(CCC3(N)CC3)c2c1Cl. The lowest BCUT2D eigenvalue weighted by Crippen LogP contribution is -2.21. The number of aryl methyl sites for hydroxylation is 2. The number of benzene rings is 1. The van der Waals surface area contributed by atoms with Crippen LogP contribution in [0.3, 0.4) is 0 Å². The predicted molar refractivity (Wildman–Crippen MR) is 72.5 cm³/mol. The third kappa shape index (κ3) is 1.96. The first-order valence-electron chi connectivity index (χ1n) is 6.13. The highest BCUT2D eigenvalue weighted by Gasteiger charge is 2.37. The summed E-state index contributed by atoms with van der Waals surface area (Å²) in [6, 6.07) is 4.14. The van der Waals surface area contributed by atoms with Crippen molar-refractivity contribution in [2.24, 2.45) is 5.73 Å². The zero-order chi connectivity index (χ0) is 12.0. The van der Waals surface area contributed by atoms with Crippen molar-refractivity contribution < 1.29 is 0 Å². The lowest BCUT2D eigenvalue weighted by Gasteiger charge is -2.08. The third-order valence-corrected chi connectivity index (χ3v) is 4.33. The molecular formula is C14H17ClN2. The molecule has 1 aliphatic rings. The molecule has 2 aromatic rings. The number of nitrogens with one attached hydrogen (secondary N) is 1. The summed E-state index contributed by atoms with van der Waals surface area (Å²) in [5.41, 5.74) is 9.80. The molecule has 1 aromatic heterocycles. The van der Waals surface area contributed by atoms with Crippen LogP contribution in [0.5, 0.6) is 0 Å². The van der Waals surface area contributed by atoms with Gasteiger partial charge in [0.25, 0.3) is 0 Å². The summed E-state index contributed by atoms with van der Waals surface area (Å²) < 4.78 is 0. The standard InChI is InChI=1S/C14H17ClN2/c1-9-2-3-11-12(13(9)15)10(8-17-11)4-5-14(16)6-7-14/h2-3,8,17H,4-7,16H2,1H3. The van der Waals surface area contributed by atoms with E-state index >= 15 is 0 Å². The highest BCUT2D eigenvalue weighted by molar-refractivity contribution is 6.36. The molecule has 17 heavy (non-hydrogen) atoms. The van der Waals surface area contributed by atoms with Crippen LogP contribution >= 0.6 is 11.6 Å². The number of aromatic amines is 1. The van der Waals surface area contributed by atoms with Crippen LogP contribution in [-0.2, 0) is 6.42 Å². The Kier molecular flexibility index (Phi) is 2.46. The maximum absolute atomic E-state index is 6.39. The van der Waals surface area contributed by atoms with Gasteiger partial charge in [-0.05, 0) is 49.8 Å². The molecule has 0 unspecified atom stereocenters. The first kappa shape index (κ1) is 11.1. The van der Waals surface area contributed by atoms with Gasteiger partial charge in [-0.2, -0.15) is 0 Å². The van der Waals surface area contributed by atoms with E-state index in [0.29, 0.717) is 0 Å². The number of fused-ring (bicyclic) bond motifs is 1. The number of rotatable bonds is 3. The Morgan fingerprint density at radius 2 is 2.18 bits per heavy atom. The summed E-state index contributed by atoms with van der Waals surface area (Å²) in [5, 5.41) is 2.05. The zero-order valence-corrected chi connectivity index (χ0v) is 10.8. The summed E-state index contributed by atoms with van der Waals surface area (Å²) in [6.07, 6.45) is 6.48. The van der Waals surface area contributed by atoms with Crippen LogP contribution in [0, 0.1) is 6.92 Å². The van der Waals surface area contributed by atoms with Crippen LogP contribution < -0.4 is 5.73 Å². The van der Waals surface area contributed by atoms with Crippen molar-refractivity contribution in [1.29, 1.82) is 0 Å². The lowest BCUT2D eigenvalue weighted by molar-refractivity contribution is 0.610. The second-order valence-electron chi connectivity index (χ2n) is 5.30. The average Bonchev–Trinajstić information content (AvgIpc) is 2.90. The molecule has 0 saturated heterocycles. The van der Waals surface area contributed by atoms with Gasteiger partial charge in [-0.15, -0.1) is 0 Å². The number of nitrogens with two attached hydrogens (primary N) is 1. The van der Waals surface area contributed by atoms with E-state index in [4.69, 9.17) is 17.3 Å². The molecule has 3 N–H and O–H groups in total. The van der Waals surface area contributed by atoms with Crippen molar-refractivity contribution in [3.8, 4) is 0 Å². The van der Waals surface area contributed by atoms with Gasteiger partial charge in [-0.25, -0.2) is 0 Å². The summed E-state index contributed by atoms with van der Waals surface area (Å²) >= 11 is 6.39. The van der Waals surface area contributed by atoms with Gasteiger partial charge in [-0.3, -0.25) is 0 Å². The van der Waals surface area contributed by atoms with Crippen LogP contribution in [0.15, 0.2) is 18.3 Å². The van der Waals surface area contributed by atoms with Crippen molar-refractivity contribution >= 4 is 22.5 Å². The molecule has 1 heterocycles. The molecule has 90 valence electrons. The highest BCUT2D eigenvalue weighted by Crippen LogP contribution is 2.38. The van der Waals surface area contributed by atoms with Gasteiger partial charge >= 0.3 is 0 Å². The number of halogens is 1. The Morgan fingerprint density at radius 1 is 1.41 bits per heavy atom. The summed E-state index contributed by atoms with van der Waals surface area (Å²) in [4.78, 5) is 3.29. The Bertz CT molecular complexity index is 567. The summed E-state index contributed by atoms with van der Waals surface area (Å²) in [5.74, 6) is 0. The van der Waals surface area contributed by atoms with Crippen LogP contribution in [-0.4, -0.2) is 10.5 Å². The highest BCUT2D eigenvalue weighted by atomic mass is 35.5. The largest absolute Gasteiger partial charge is 0.361 e. The fraction of sp³-hybridized carbons (Fsp3) is 0.429. The van der Waals surface area contributed by atoms with E-state index in [1.165, 1.54) is 23.8 Å². The molecule has 1 fully saturated rings. The molecule has 0 aliphatic heterocycles. The maximum atomic E-state index is 6.39. The zero-order valence-electron chi connectivity index (χ0n) is 10.0. The van der Waals surface area contributed by atoms with Gasteiger partial charge in [0.2, 0.25) is 0 Å². The van der Waals surface area contributed by atoms with Crippen LogP contribution in [0.1, 0.15) is 30.4 Å². The molecule has 0 amide bonds. The van der Waals surface area contributed by atoms with Gasteiger partial charge in [0, 0.05) is 22.6 Å². The average molecular weight is 249 g/mol. The molecule has 0 bridgehead atoms.